The Bertz CT molecular complexity index is 830. The van der Waals surface area contributed by atoms with Gasteiger partial charge in [0.2, 0.25) is 0 Å². The van der Waals surface area contributed by atoms with Gasteiger partial charge in [0.05, 0.1) is 15.5 Å². The van der Waals surface area contributed by atoms with Crippen LogP contribution in [0.25, 0.3) is 5.76 Å². The zero-order valence-electron chi connectivity index (χ0n) is 13.9. The predicted octanol–water partition coefficient (Wildman–Crippen LogP) is 3.58. The molecule has 1 rings (SSSR count). The van der Waals surface area contributed by atoms with Crippen molar-refractivity contribution in [3.8, 4) is 11.8 Å². The Balaban J connectivity index is 3.75. The maximum Gasteiger partial charge on any atom is 0.308 e. The summed E-state index contributed by atoms with van der Waals surface area (Å²) in [7, 11) is 0. The molecular weight excluding hydrogens is 352 g/mol. The van der Waals surface area contributed by atoms with Crippen molar-refractivity contribution in [1.29, 1.82) is 5.26 Å². The third-order valence-corrected chi connectivity index (χ3v) is 3.31. The molecule has 0 bridgehead atoms. The molecule has 0 aliphatic rings. The lowest BCUT2D eigenvalue weighted by Crippen LogP contribution is -2.22. The lowest BCUT2D eigenvalue weighted by atomic mass is 9.85. The van der Waals surface area contributed by atoms with Crippen LogP contribution in [0.3, 0.4) is 0 Å². The third-order valence-electron chi connectivity index (χ3n) is 3.01. The van der Waals surface area contributed by atoms with Gasteiger partial charge >= 0.3 is 5.97 Å². The van der Waals surface area contributed by atoms with Gasteiger partial charge in [0.15, 0.2) is 17.3 Å². The average Bonchev–Trinajstić information content (AvgIpc) is 2.47. The van der Waals surface area contributed by atoms with E-state index in [2.05, 4.69) is 0 Å². The standard InChI is InChI=1S/C16H15ClN2O6/c1-8(20)25-13-5-9(12(19(23)24)6-11(13)17)14(21)10(7-18)15(22)16(2,3)4/h5-6,21H,1-4H3/b14-10-. The minimum Gasteiger partial charge on any atom is -0.506 e. The Kier molecular flexibility index (Phi) is 5.89. The number of ketones is 1. The second kappa shape index (κ2) is 7.32. The van der Waals surface area contributed by atoms with Crippen molar-refractivity contribution in [2.45, 2.75) is 27.7 Å². The number of rotatable bonds is 4. The molecule has 0 aromatic heterocycles. The Morgan fingerprint density at radius 3 is 2.32 bits per heavy atom. The fraction of sp³-hybridized carbons (Fsp3) is 0.312. The Labute approximate surface area is 148 Å². The minimum absolute atomic E-state index is 0.237. The molecule has 1 N–H and O–H groups in total. The number of Topliss-reactive ketones (excluding diaryl/α,β-unsaturated/α-hetero) is 1. The summed E-state index contributed by atoms with van der Waals surface area (Å²) < 4.78 is 4.82. The first kappa shape index (κ1) is 20.1. The molecular formula is C16H15ClN2O6. The van der Waals surface area contributed by atoms with Gasteiger partial charge < -0.3 is 9.84 Å². The normalized spacial score (nSPS) is 12.0. The van der Waals surface area contributed by atoms with Gasteiger partial charge in [-0.2, -0.15) is 5.26 Å². The SMILES string of the molecule is CC(=O)Oc1cc(/C(O)=C(\C#N)C(=O)C(C)(C)C)c([N+](=O)[O-])cc1Cl. The number of carbonyl (C=O) groups is 2. The monoisotopic (exact) mass is 366 g/mol. The Hall–Kier alpha value is -2.92. The number of aliphatic hydroxyl groups excluding tert-OH is 1. The first-order valence-corrected chi connectivity index (χ1v) is 7.32. The van der Waals surface area contributed by atoms with Gasteiger partial charge in [-0.05, 0) is 0 Å². The second-order valence-electron chi connectivity index (χ2n) is 6.07. The van der Waals surface area contributed by atoms with Crippen LogP contribution in [0.2, 0.25) is 5.02 Å². The number of esters is 1. The molecule has 0 saturated heterocycles. The van der Waals surface area contributed by atoms with Gasteiger partial charge in [-0.25, -0.2) is 0 Å². The van der Waals surface area contributed by atoms with Crippen molar-refractivity contribution in [3.05, 3.63) is 38.4 Å². The molecule has 9 heteroatoms. The highest BCUT2D eigenvalue weighted by Crippen LogP contribution is 2.37. The number of hydrogen-bond donors (Lipinski definition) is 1. The highest BCUT2D eigenvalue weighted by atomic mass is 35.5. The summed E-state index contributed by atoms with van der Waals surface area (Å²) in [6.45, 7) is 5.68. The lowest BCUT2D eigenvalue weighted by molar-refractivity contribution is -0.385. The van der Waals surface area contributed by atoms with E-state index in [0.29, 0.717) is 0 Å². The maximum absolute atomic E-state index is 12.3. The largest absolute Gasteiger partial charge is 0.506 e. The molecule has 8 nitrogen and oxygen atoms in total. The number of nitro benzene ring substituents is 1. The smallest absolute Gasteiger partial charge is 0.308 e. The number of allylic oxidation sites excluding steroid dienone is 1. The predicted molar refractivity (Wildman–Crippen MR) is 89.0 cm³/mol. The van der Waals surface area contributed by atoms with E-state index in [4.69, 9.17) is 16.3 Å². The molecule has 0 fully saturated rings. The van der Waals surface area contributed by atoms with Gasteiger partial charge in [-0.3, -0.25) is 19.7 Å². The molecule has 0 aliphatic carbocycles. The molecule has 132 valence electrons. The molecule has 0 aliphatic heterocycles. The van der Waals surface area contributed by atoms with Crippen LogP contribution in [0.1, 0.15) is 33.3 Å². The van der Waals surface area contributed by atoms with E-state index in [1.165, 1.54) is 20.8 Å². The van der Waals surface area contributed by atoms with Gasteiger partial charge in [-0.1, -0.05) is 32.4 Å². The number of nitrogens with zero attached hydrogens (tertiary/aromatic N) is 2. The van der Waals surface area contributed by atoms with E-state index in [1.807, 2.05) is 0 Å². The Morgan fingerprint density at radius 1 is 1.36 bits per heavy atom. The topological polar surface area (TPSA) is 131 Å². The quantitative estimate of drug-likeness (QED) is 0.164. The summed E-state index contributed by atoms with van der Waals surface area (Å²) in [5.41, 5.74) is -2.75. The van der Waals surface area contributed by atoms with Crippen molar-refractivity contribution in [1.82, 2.24) is 0 Å². The first-order chi connectivity index (χ1) is 11.4. The van der Waals surface area contributed by atoms with Gasteiger partial charge in [0.1, 0.15) is 11.6 Å². The van der Waals surface area contributed by atoms with Crippen LogP contribution in [0.15, 0.2) is 17.7 Å². The van der Waals surface area contributed by atoms with E-state index >= 15 is 0 Å². The van der Waals surface area contributed by atoms with Crippen molar-refractivity contribution in [2.24, 2.45) is 5.41 Å². The summed E-state index contributed by atoms with van der Waals surface area (Å²) in [5, 5.41) is 30.6. The van der Waals surface area contributed by atoms with E-state index in [1.54, 1.807) is 6.07 Å². The number of nitriles is 1. The fourth-order valence-corrected chi connectivity index (χ4v) is 2.03. The summed E-state index contributed by atoms with van der Waals surface area (Å²) in [6, 6.07) is 3.36. The number of halogens is 1. The highest BCUT2D eigenvalue weighted by molar-refractivity contribution is 6.32. The third kappa shape index (κ3) is 4.55. The van der Waals surface area contributed by atoms with Crippen LogP contribution in [0.5, 0.6) is 5.75 Å². The van der Waals surface area contributed by atoms with E-state index in [-0.39, 0.29) is 10.8 Å². The number of nitro groups is 1. The molecule has 0 atom stereocenters. The average molecular weight is 367 g/mol. The molecule has 0 heterocycles. The number of aliphatic hydroxyl groups is 1. The van der Waals surface area contributed by atoms with Crippen molar-refractivity contribution in [2.75, 3.05) is 0 Å². The summed E-state index contributed by atoms with van der Waals surface area (Å²) >= 11 is 5.83. The Morgan fingerprint density at radius 2 is 1.92 bits per heavy atom. The van der Waals surface area contributed by atoms with Crippen LogP contribution < -0.4 is 4.74 Å². The minimum atomic E-state index is -1.00. The molecule has 1 aromatic carbocycles. The maximum atomic E-state index is 12.3. The first-order valence-electron chi connectivity index (χ1n) is 6.95. The second-order valence-corrected chi connectivity index (χ2v) is 6.47. The summed E-state index contributed by atoms with van der Waals surface area (Å²) in [6.07, 6.45) is 0. The molecule has 0 spiro atoms. The molecule has 0 unspecified atom stereocenters. The van der Waals surface area contributed by atoms with Crippen molar-refractivity contribution < 1.29 is 24.4 Å². The van der Waals surface area contributed by atoms with Crippen LogP contribution >= 0.6 is 11.6 Å². The van der Waals surface area contributed by atoms with Gasteiger partial charge in [0.25, 0.3) is 5.69 Å². The highest BCUT2D eigenvalue weighted by Gasteiger charge is 2.31. The number of hydrogen-bond acceptors (Lipinski definition) is 7. The van der Waals surface area contributed by atoms with E-state index in [9.17, 15) is 30.1 Å². The molecule has 0 amide bonds. The molecule has 1 aromatic rings. The van der Waals surface area contributed by atoms with Crippen LogP contribution in [0, 0.1) is 26.9 Å². The van der Waals surface area contributed by atoms with Gasteiger partial charge in [0, 0.05) is 24.5 Å². The van der Waals surface area contributed by atoms with Crippen LogP contribution in [-0.2, 0) is 9.59 Å². The fourth-order valence-electron chi connectivity index (χ4n) is 1.84. The van der Waals surface area contributed by atoms with Gasteiger partial charge in [-0.15, -0.1) is 0 Å². The van der Waals surface area contributed by atoms with E-state index in [0.717, 1.165) is 19.1 Å². The number of carbonyl (C=O) groups excluding carboxylic acids is 2. The van der Waals surface area contributed by atoms with Crippen molar-refractivity contribution >= 4 is 34.8 Å². The number of benzene rings is 1. The molecule has 0 radical (unpaired) electrons. The van der Waals surface area contributed by atoms with E-state index < -0.39 is 44.7 Å². The number of ether oxygens (including phenoxy) is 1. The van der Waals surface area contributed by atoms with Crippen LogP contribution in [-0.4, -0.2) is 21.8 Å². The van der Waals surface area contributed by atoms with Crippen LogP contribution in [0.4, 0.5) is 5.69 Å². The zero-order chi connectivity index (χ0) is 19.5. The molecule has 25 heavy (non-hydrogen) atoms. The summed E-state index contributed by atoms with van der Waals surface area (Å²) in [4.78, 5) is 33.8. The lowest BCUT2D eigenvalue weighted by Gasteiger charge is -2.16. The summed E-state index contributed by atoms with van der Waals surface area (Å²) in [5.74, 6) is -2.58. The molecule has 0 saturated carbocycles. The van der Waals surface area contributed by atoms with Crippen molar-refractivity contribution in [3.63, 3.8) is 0 Å². The zero-order valence-corrected chi connectivity index (χ0v) is 14.7.